The number of carbonyl (C=O) groups is 1. The molecule has 2 heterocycles. The van der Waals surface area contributed by atoms with Crippen LogP contribution in [0.4, 0.5) is 5.69 Å². The lowest BCUT2D eigenvalue weighted by atomic mass is 10.1. The van der Waals surface area contributed by atoms with Crippen LogP contribution < -0.4 is 9.47 Å². The normalized spacial score (nSPS) is 15.1. The largest absolute Gasteiger partial charge is 0.493 e. The van der Waals surface area contributed by atoms with Crippen molar-refractivity contribution >= 4 is 22.6 Å². The number of hydrogen-bond acceptors (Lipinski definition) is 8. The van der Waals surface area contributed by atoms with Gasteiger partial charge in [-0.05, 0) is 50.2 Å². The second-order valence-corrected chi connectivity index (χ2v) is 7.73. The van der Waals surface area contributed by atoms with Crippen molar-refractivity contribution in [3.8, 4) is 11.5 Å². The average Bonchev–Trinajstić information content (AvgIpc) is 3.22. The minimum atomic E-state index is -0.602. The minimum absolute atomic E-state index is 0.0827. The lowest BCUT2D eigenvalue weighted by molar-refractivity contribution is -0.384. The van der Waals surface area contributed by atoms with Crippen LogP contribution >= 0.6 is 0 Å². The second-order valence-electron chi connectivity index (χ2n) is 7.73. The Morgan fingerprint density at radius 3 is 2.56 bits per heavy atom. The molecule has 0 aliphatic carbocycles. The van der Waals surface area contributed by atoms with Crippen LogP contribution in [0.5, 0.6) is 11.5 Å². The predicted molar refractivity (Wildman–Crippen MR) is 116 cm³/mol. The van der Waals surface area contributed by atoms with Crippen LogP contribution in [-0.2, 0) is 11.3 Å². The van der Waals surface area contributed by atoms with Crippen LogP contribution in [0.1, 0.15) is 29.0 Å². The molecule has 0 atom stereocenters. The first-order chi connectivity index (χ1) is 15.4. The standard InChI is InChI=1S/C23H24N2O7/c1-24-11-9-16(10-12-24)30-14-18-13-20-19(7-8-21(29-2)22(20)31-18)23(26)32-17-5-3-15(4-6-17)25(27)28/h3-8,13,16H,9-12,14H2,1-2H3. The van der Waals surface area contributed by atoms with Crippen LogP contribution in [-0.4, -0.2) is 49.1 Å². The third kappa shape index (κ3) is 4.74. The lowest BCUT2D eigenvalue weighted by Crippen LogP contribution is -2.34. The molecule has 9 heteroatoms. The number of carbonyl (C=O) groups excluding carboxylic acids is 1. The van der Waals surface area contributed by atoms with Crippen LogP contribution in [0.3, 0.4) is 0 Å². The number of nitro benzene ring substituents is 1. The topological polar surface area (TPSA) is 104 Å². The van der Waals surface area contributed by atoms with Crippen LogP contribution in [0.15, 0.2) is 46.9 Å². The number of non-ortho nitro benzene ring substituents is 1. The molecule has 0 unspecified atom stereocenters. The predicted octanol–water partition coefficient (Wildman–Crippen LogP) is 4.18. The molecule has 3 aromatic rings. The van der Waals surface area contributed by atoms with Gasteiger partial charge < -0.3 is 23.5 Å². The SMILES string of the molecule is COc1ccc(C(=O)Oc2ccc([N+](=O)[O-])cc2)c2cc(COC3CCN(C)CC3)oc12. The van der Waals surface area contributed by atoms with E-state index < -0.39 is 10.9 Å². The fourth-order valence-electron chi connectivity index (χ4n) is 3.71. The number of benzene rings is 2. The zero-order valence-corrected chi connectivity index (χ0v) is 17.9. The number of nitrogens with zero attached hydrogens (tertiary/aromatic N) is 2. The van der Waals surface area contributed by atoms with E-state index in [4.69, 9.17) is 18.6 Å². The Bertz CT molecular complexity index is 1120. The van der Waals surface area contributed by atoms with Crippen LogP contribution in [0.25, 0.3) is 11.0 Å². The van der Waals surface area contributed by atoms with Gasteiger partial charge in [0, 0.05) is 30.6 Å². The van der Waals surface area contributed by atoms with Crippen molar-refractivity contribution < 1.29 is 28.3 Å². The monoisotopic (exact) mass is 440 g/mol. The number of ether oxygens (including phenoxy) is 3. The molecular weight excluding hydrogens is 416 g/mol. The molecule has 9 nitrogen and oxygen atoms in total. The van der Waals surface area contributed by atoms with E-state index in [2.05, 4.69) is 11.9 Å². The highest BCUT2D eigenvalue weighted by atomic mass is 16.6. The summed E-state index contributed by atoms with van der Waals surface area (Å²) in [5.41, 5.74) is 0.654. The number of fused-ring (bicyclic) bond motifs is 1. The molecular formula is C23H24N2O7. The Balaban J connectivity index is 1.53. The minimum Gasteiger partial charge on any atom is -0.493 e. The molecule has 168 valence electrons. The molecule has 32 heavy (non-hydrogen) atoms. The van der Waals surface area contributed by atoms with Gasteiger partial charge in [-0.15, -0.1) is 0 Å². The average molecular weight is 440 g/mol. The molecule has 1 aromatic heterocycles. The van der Waals surface area contributed by atoms with Gasteiger partial charge >= 0.3 is 5.97 Å². The third-order valence-electron chi connectivity index (χ3n) is 5.52. The van der Waals surface area contributed by atoms with E-state index in [0.717, 1.165) is 25.9 Å². The van der Waals surface area contributed by atoms with Crippen molar-refractivity contribution in [1.29, 1.82) is 0 Å². The van der Waals surface area contributed by atoms with E-state index in [1.807, 2.05) is 0 Å². The number of hydrogen-bond donors (Lipinski definition) is 0. The fraction of sp³-hybridized carbons (Fsp3) is 0.348. The molecule has 2 aromatic carbocycles. The molecule has 1 fully saturated rings. The van der Waals surface area contributed by atoms with Gasteiger partial charge in [-0.25, -0.2) is 4.79 Å². The smallest absolute Gasteiger partial charge is 0.344 e. The van der Waals surface area contributed by atoms with Gasteiger partial charge in [0.2, 0.25) is 0 Å². The van der Waals surface area contributed by atoms with Gasteiger partial charge in [-0.3, -0.25) is 10.1 Å². The molecule has 0 saturated carbocycles. The Morgan fingerprint density at radius 2 is 1.91 bits per heavy atom. The summed E-state index contributed by atoms with van der Waals surface area (Å²) >= 11 is 0. The number of rotatable bonds is 7. The highest BCUT2D eigenvalue weighted by Crippen LogP contribution is 2.33. The summed E-state index contributed by atoms with van der Waals surface area (Å²) < 4.78 is 22.7. The van der Waals surface area contributed by atoms with Gasteiger partial charge in [0.1, 0.15) is 18.1 Å². The van der Waals surface area contributed by atoms with E-state index in [1.165, 1.54) is 31.4 Å². The molecule has 0 radical (unpaired) electrons. The maximum Gasteiger partial charge on any atom is 0.344 e. The second kappa shape index (κ2) is 9.37. The van der Waals surface area contributed by atoms with Crippen molar-refractivity contribution in [3.63, 3.8) is 0 Å². The quantitative estimate of drug-likeness (QED) is 0.233. The number of esters is 1. The molecule has 0 N–H and O–H groups in total. The third-order valence-corrected chi connectivity index (χ3v) is 5.52. The first-order valence-electron chi connectivity index (χ1n) is 10.3. The molecule has 4 rings (SSSR count). The summed E-state index contributed by atoms with van der Waals surface area (Å²) in [5, 5.41) is 11.4. The molecule has 0 amide bonds. The lowest BCUT2D eigenvalue weighted by Gasteiger charge is -2.28. The number of methoxy groups -OCH3 is 1. The van der Waals surface area contributed by atoms with Crippen molar-refractivity contribution in [2.75, 3.05) is 27.2 Å². The Hall–Kier alpha value is -3.43. The van der Waals surface area contributed by atoms with Crippen LogP contribution in [0, 0.1) is 10.1 Å². The van der Waals surface area contributed by atoms with Crippen molar-refractivity contribution in [2.24, 2.45) is 0 Å². The summed E-state index contributed by atoms with van der Waals surface area (Å²) in [7, 11) is 3.62. The van der Waals surface area contributed by atoms with E-state index in [0.29, 0.717) is 34.6 Å². The highest BCUT2D eigenvalue weighted by molar-refractivity contribution is 6.05. The van der Waals surface area contributed by atoms with Crippen molar-refractivity contribution in [2.45, 2.75) is 25.6 Å². The number of furan rings is 1. The Labute approximate surface area is 184 Å². The molecule has 0 bridgehead atoms. The summed E-state index contributed by atoms with van der Waals surface area (Å²) in [6.07, 6.45) is 2.10. The molecule has 1 aliphatic heterocycles. The van der Waals surface area contributed by atoms with Gasteiger partial charge in [-0.1, -0.05) is 0 Å². The Morgan fingerprint density at radius 1 is 1.19 bits per heavy atom. The van der Waals surface area contributed by atoms with Crippen molar-refractivity contribution in [1.82, 2.24) is 4.90 Å². The number of piperidine rings is 1. The van der Waals surface area contributed by atoms with Gasteiger partial charge in [-0.2, -0.15) is 0 Å². The van der Waals surface area contributed by atoms with Crippen molar-refractivity contribution in [3.05, 3.63) is 63.9 Å². The molecule has 0 spiro atoms. The fourth-order valence-corrected chi connectivity index (χ4v) is 3.71. The maximum absolute atomic E-state index is 12.8. The molecule has 1 aliphatic rings. The Kier molecular flexibility index (Phi) is 6.38. The van der Waals surface area contributed by atoms with Crippen LogP contribution in [0.2, 0.25) is 0 Å². The maximum atomic E-state index is 12.8. The van der Waals surface area contributed by atoms with E-state index in [9.17, 15) is 14.9 Å². The molecule has 1 saturated heterocycles. The first-order valence-corrected chi connectivity index (χ1v) is 10.3. The first kappa shape index (κ1) is 21.8. The van der Waals surface area contributed by atoms with Gasteiger partial charge in [0.05, 0.1) is 23.7 Å². The van der Waals surface area contributed by atoms with E-state index >= 15 is 0 Å². The number of likely N-dealkylation sites (tertiary alicyclic amines) is 1. The van der Waals surface area contributed by atoms with E-state index in [1.54, 1.807) is 18.2 Å². The summed E-state index contributed by atoms with van der Waals surface area (Å²) in [5.74, 6) is 0.694. The number of nitro groups is 1. The van der Waals surface area contributed by atoms with Gasteiger partial charge in [0.25, 0.3) is 5.69 Å². The summed E-state index contributed by atoms with van der Waals surface area (Å²) in [4.78, 5) is 25.4. The zero-order valence-electron chi connectivity index (χ0n) is 17.9. The highest BCUT2D eigenvalue weighted by Gasteiger charge is 2.21. The summed E-state index contributed by atoms with van der Waals surface area (Å²) in [6.45, 7) is 2.29. The van der Waals surface area contributed by atoms with E-state index in [-0.39, 0.29) is 17.5 Å². The van der Waals surface area contributed by atoms with Gasteiger partial charge in [0.15, 0.2) is 11.3 Å². The zero-order chi connectivity index (χ0) is 22.7. The summed E-state index contributed by atoms with van der Waals surface area (Å²) in [6, 6.07) is 10.3.